The third-order valence-electron chi connectivity index (χ3n) is 5.94. The number of carbonyl (C=O) groups excluding carboxylic acids is 1. The van der Waals surface area contributed by atoms with Crippen LogP contribution in [0.3, 0.4) is 0 Å². The van der Waals surface area contributed by atoms with Gasteiger partial charge in [-0.25, -0.2) is 19.2 Å². The van der Waals surface area contributed by atoms with Gasteiger partial charge in [0.05, 0.1) is 0 Å². The Morgan fingerprint density at radius 1 is 1.09 bits per heavy atom. The van der Waals surface area contributed by atoms with Crippen LogP contribution in [-0.4, -0.2) is 71.1 Å². The maximum absolute atomic E-state index is 13.0. The topological polar surface area (TPSA) is 85.4 Å². The molecule has 182 valence electrons. The van der Waals surface area contributed by atoms with Crippen molar-refractivity contribution in [3.05, 3.63) is 47.8 Å². The van der Waals surface area contributed by atoms with Crippen LogP contribution in [0.15, 0.2) is 36.4 Å². The van der Waals surface area contributed by atoms with E-state index in [-0.39, 0.29) is 11.8 Å². The van der Waals surface area contributed by atoms with Gasteiger partial charge in [0.2, 0.25) is 0 Å². The summed E-state index contributed by atoms with van der Waals surface area (Å²) in [4.78, 5) is 27.0. The largest absolute Gasteiger partial charge is 0.366 e. The van der Waals surface area contributed by atoms with E-state index in [9.17, 15) is 9.18 Å². The molecule has 3 N–H and O–H groups in total. The van der Waals surface area contributed by atoms with Crippen molar-refractivity contribution in [1.29, 1.82) is 0 Å². The fraction of sp³-hybridized carbons (Fsp3) is 0.458. The summed E-state index contributed by atoms with van der Waals surface area (Å²) < 4.78 is 13.0. The third-order valence-corrected chi connectivity index (χ3v) is 6.82. The lowest BCUT2D eigenvalue weighted by Gasteiger charge is -2.36. The molecule has 4 rings (SSSR count). The molecule has 3 heterocycles. The predicted molar refractivity (Wildman–Crippen MR) is 136 cm³/mol. The van der Waals surface area contributed by atoms with E-state index < -0.39 is 0 Å². The molecule has 1 aliphatic heterocycles. The minimum atomic E-state index is -0.253. The minimum Gasteiger partial charge on any atom is -0.366 e. The lowest BCUT2D eigenvalue weighted by Crippen LogP contribution is -2.49. The molecule has 0 spiro atoms. The number of urea groups is 1. The highest BCUT2D eigenvalue weighted by Crippen LogP contribution is 2.25. The number of hydrogen-bond donors (Lipinski definition) is 3. The number of piperazine rings is 1. The van der Waals surface area contributed by atoms with Gasteiger partial charge in [0, 0.05) is 45.3 Å². The average Bonchev–Trinajstić information content (AvgIpc) is 3.23. The van der Waals surface area contributed by atoms with E-state index in [1.165, 1.54) is 23.5 Å². The second-order valence-electron chi connectivity index (χ2n) is 8.73. The second-order valence-corrected chi connectivity index (χ2v) is 9.70. The number of hydrogen-bond acceptors (Lipinski definition) is 7. The van der Waals surface area contributed by atoms with E-state index in [0.717, 1.165) is 55.1 Å². The molecule has 0 radical (unpaired) electrons. The summed E-state index contributed by atoms with van der Waals surface area (Å²) in [6, 6.07) is 10.4. The molecular formula is C24H32FN7OS. The molecule has 1 aromatic carbocycles. The van der Waals surface area contributed by atoms with Gasteiger partial charge in [0.1, 0.15) is 22.0 Å². The molecule has 1 fully saturated rings. The average molecular weight is 486 g/mol. The van der Waals surface area contributed by atoms with Crippen LogP contribution in [0.2, 0.25) is 0 Å². The standard InChI is InChI=1S/C24H32FN7OS/c1-17(2)32-14-12-31(13-15-32)11-3-10-26-23(33)30-24-28-20-8-9-21(29-22(20)34-24)27-16-18-4-6-19(25)7-5-18/h4-9,17H,3,10-16H2,1-2H3,(H,27,29)(H2,26,28,30,33). The Morgan fingerprint density at radius 2 is 1.85 bits per heavy atom. The van der Waals surface area contributed by atoms with E-state index in [4.69, 9.17) is 0 Å². The zero-order chi connectivity index (χ0) is 23.9. The number of aromatic nitrogens is 2. The van der Waals surface area contributed by atoms with E-state index in [2.05, 4.69) is 49.6 Å². The highest BCUT2D eigenvalue weighted by Gasteiger charge is 2.18. The van der Waals surface area contributed by atoms with Crippen molar-refractivity contribution in [2.45, 2.75) is 32.9 Å². The molecule has 3 aromatic rings. The third kappa shape index (κ3) is 6.85. The van der Waals surface area contributed by atoms with Crippen molar-refractivity contribution in [2.24, 2.45) is 0 Å². The number of benzene rings is 1. The maximum Gasteiger partial charge on any atom is 0.321 e. The normalized spacial score (nSPS) is 15.1. The summed E-state index contributed by atoms with van der Waals surface area (Å²) in [6.45, 7) is 11.0. The van der Waals surface area contributed by atoms with Crippen LogP contribution in [0.25, 0.3) is 10.3 Å². The number of carbonyl (C=O) groups is 1. The van der Waals surface area contributed by atoms with Gasteiger partial charge in [-0.05, 0) is 56.6 Å². The van der Waals surface area contributed by atoms with Crippen LogP contribution in [0.5, 0.6) is 0 Å². The molecule has 0 atom stereocenters. The number of nitrogens with one attached hydrogen (secondary N) is 3. The van der Waals surface area contributed by atoms with Crippen molar-refractivity contribution in [3.8, 4) is 0 Å². The Morgan fingerprint density at radius 3 is 2.59 bits per heavy atom. The molecule has 0 saturated carbocycles. The smallest absolute Gasteiger partial charge is 0.321 e. The number of amides is 2. The number of anilines is 2. The molecule has 0 bridgehead atoms. The lowest BCUT2D eigenvalue weighted by atomic mass is 10.2. The highest BCUT2D eigenvalue weighted by atomic mass is 32.1. The van der Waals surface area contributed by atoms with E-state index in [1.54, 1.807) is 12.1 Å². The first-order valence-corrected chi connectivity index (χ1v) is 12.5. The summed E-state index contributed by atoms with van der Waals surface area (Å²) in [6.07, 6.45) is 0.916. The van der Waals surface area contributed by atoms with E-state index in [1.807, 2.05) is 12.1 Å². The number of halogens is 1. The predicted octanol–water partition coefficient (Wildman–Crippen LogP) is 3.98. The van der Waals surface area contributed by atoms with Crippen molar-refractivity contribution in [3.63, 3.8) is 0 Å². The van der Waals surface area contributed by atoms with Gasteiger partial charge in [0.15, 0.2) is 5.13 Å². The molecule has 1 aliphatic rings. The monoisotopic (exact) mass is 485 g/mol. The second kappa shape index (κ2) is 11.5. The molecule has 0 aliphatic carbocycles. The van der Waals surface area contributed by atoms with Crippen LogP contribution < -0.4 is 16.0 Å². The molecule has 8 nitrogen and oxygen atoms in total. The first kappa shape index (κ1) is 24.3. The van der Waals surface area contributed by atoms with Gasteiger partial charge in [-0.2, -0.15) is 0 Å². The van der Waals surface area contributed by atoms with Gasteiger partial charge in [-0.3, -0.25) is 10.2 Å². The Kier molecular flexibility index (Phi) is 8.25. The Balaban J connectivity index is 1.19. The molecule has 0 unspecified atom stereocenters. The molecule has 34 heavy (non-hydrogen) atoms. The van der Waals surface area contributed by atoms with Gasteiger partial charge in [0.25, 0.3) is 0 Å². The quantitative estimate of drug-likeness (QED) is 0.398. The van der Waals surface area contributed by atoms with Crippen molar-refractivity contribution in [1.82, 2.24) is 25.1 Å². The van der Waals surface area contributed by atoms with E-state index >= 15 is 0 Å². The minimum absolute atomic E-state index is 0.252. The summed E-state index contributed by atoms with van der Waals surface area (Å²) in [5.74, 6) is 0.447. The molecule has 10 heteroatoms. The Bertz CT molecular complexity index is 1080. The molecule has 2 amide bonds. The highest BCUT2D eigenvalue weighted by molar-refractivity contribution is 7.21. The van der Waals surface area contributed by atoms with Crippen LogP contribution in [0, 0.1) is 5.82 Å². The van der Waals surface area contributed by atoms with E-state index in [0.29, 0.717) is 30.1 Å². The van der Waals surface area contributed by atoms with Crippen LogP contribution in [-0.2, 0) is 6.54 Å². The SMILES string of the molecule is CC(C)N1CCN(CCCNC(=O)Nc2nc3ccc(NCc4ccc(F)cc4)nc3s2)CC1. The first-order valence-electron chi connectivity index (χ1n) is 11.7. The van der Waals surface area contributed by atoms with Crippen LogP contribution in [0.1, 0.15) is 25.8 Å². The molecular weight excluding hydrogens is 453 g/mol. The number of nitrogens with zero attached hydrogens (tertiary/aromatic N) is 4. The molecule has 1 saturated heterocycles. The summed E-state index contributed by atoms with van der Waals surface area (Å²) >= 11 is 1.33. The number of rotatable bonds is 9. The summed E-state index contributed by atoms with van der Waals surface area (Å²) in [5.41, 5.74) is 1.69. The summed E-state index contributed by atoms with van der Waals surface area (Å²) in [7, 11) is 0. The fourth-order valence-corrected chi connectivity index (χ4v) is 4.75. The van der Waals surface area contributed by atoms with Crippen molar-refractivity contribution >= 4 is 38.7 Å². The fourth-order valence-electron chi connectivity index (χ4n) is 3.91. The van der Waals surface area contributed by atoms with Gasteiger partial charge in [-0.15, -0.1) is 0 Å². The lowest BCUT2D eigenvalue weighted by molar-refractivity contribution is 0.108. The number of pyridine rings is 1. The van der Waals surface area contributed by atoms with Gasteiger partial charge in [-0.1, -0.05) is 23.5 Å². The first-order chi connectivity index (χ1) is 16.5. The zero-order valence-corrected chi connectivity index (χ0v) is 20.5. The van der Waals surface area contributed by atoms with Gasteiger partial charge >= 0.3 is 6.03 Å². The van der Waals surface area contributed by atoms with Gasteiger partial charge < -0.3 is 15.5 Å². The van der Waals surface area contributed by atoms with Crippen LogP contribution >= 0.6 is 11.3 Å². The maximum atomic E-state index is 13.0. The summed E-state index contributed by atoms with van der Waals surface area (Å²) in [5, 5.41) is 9.47. The van der Waals surface area contributed by atoms with Crippen molar-refractivity contribution in [2.75, 3.05) is 49.9 Å². The Hall–Kier alpha value is -2.82. The Labute approximate surface area is 203 Å². The number of thiazole rings is 1. The zero-order valence-electron chi connectivity index (χ0n) is 19.7. The molecule has 2 aromatic heterocycles. The van der Waals surface area contributed by atoms with Crippen LogP contribution in [0.4, 0.5) is 20.1 Å². The number of fused-ring (bicyclic) bond motifs is 1. The van der Waals surface area contributed by atoms with Crippen molar-refractivity contribution < 1.29 is 9.18 Å².